The molecular weight excluding hydrogens is 315 g/mol. The minimum Gasteiger partial charge on any atom is -0.395 e. The maximum absolute atomic E-state index is 13.6. The molecule has 1 aromatic carbocycles. The van der Waals surface area contributed by atoms with Gasteiger partial charge in [-0.2, -0.15) is 0 Å². The first kappa shape index (κ1) is 16.1. The second kappa shape index (κ2) is 8.24. The summed E-state index contributed by atoms with van der Waals surface area (Å²) in [4.78, 5) is 13.2. The lowest BCUT2D eigenvalue weighted by Gasteiger charge is -2.21. The number of amides is 1. The molecule has 0 spiro atoms. The SMILES string of the molecule is CCNC(=O)CN(CCO)Cc1cc(Br)ccc1F. The van der Waals surface area contributed by atoms with Crippen LogP contribution in [0.15, 0.2) is 22.7 Å². The van der Waals surface area contributed by atoms with Gasteiger partial charge in [0, 0.05) is 29.7 Å². The zero-order valence-electron chi connectivity index (χ0n) is 10.8. The summed E-state index contributed by atoms with van der Waals surface area (Å²) < 4.78 is 14.4. The highest BCUT2D eigenvalue weighted by Crippen LogP contribution is 2.17. The van der Waals surface area contributed by atoms with E-state index in [1.54, 1.807) is 17.0 Å². The van der Waals surface area contributed by atoms with Crippen LogP contribution in [-0.4, -0.2) is 42.2 Å². The summed E-state index contributed by atoms with van der Waals surface area (Å²) in [5.41, 5.74) is 0.493. The normalized spacial score (nSPS) is 10.8. The van der Waals surface area contributed by atoms with Crippen molar-refractivity contribution in [2.24, 2.45) is 0 Å². The van der Waals surface area contributed by atoms with Gasteiger partial charge in [-0.15, -0.1) is 0 Å². The van der Waals surface area contributed by atoms with E-state index < -0.39 is 0 Å². The molecule has 0 bridgehead atoms. The molecule has 1 amide bonds. The van der Waals surface area contributed by atoms with Gasteiger partial charge in [-0.25, -0.2) is 4.39 Å². The van der Waals surface area contributed by atoms with Crippen LogP contribution in [0.5, 0.6) is 0 Å². The first-order valence-corrected chi connectivity index (χ1v) is 6.90. The molecule has 106 valence electrons. The molecule has 0 unspecified atom stereocenters. The Morgan fingerprint density at radius 1 is 1.53 bits per heavy atom. The van der Waals surface area contributed by atoms with Crippen molar-refractivity contribution in [3.63, 3.8) is 0 Å². The molecule has 0 radical (unpaired) electrons. The third-order valence-corrected chi connectivity index (χ3v) is 3.05. The molecule has 0 aliphatic heterocycles. The Kier molecular flexibility index (Phi) is 6.97. The zero-order valence-corrected chi connectivity index (χ0v) is 12.4. The van der Waals surface area contributed by atoms with Crippen molar-refractivity contribution in [1.82, 2.24) is 10.2 Å². The summed E-state index contributed by atoms with van der Waals surface area (Å²) in [6, 6.07) is 4.68. The number of carbonyl (C=O) groups excluding carboxylic acids is 1. The Morgan fingerprint density at radius 2 is 2.26 bits per heavy atom. The number of benzene rings is 1. The first-order valence-electron chi connectivity index (χ1n) is 6.10. The maximum atomic E-state index is 13.6. The molecule has 19 heavy (non-hydrogen) atoms. The molecule has 6 heteroatoms. The van der Waals surface area contributed by atoms with Crippen LogP contribution < -0.4 is 5.32 Å². The second-order valence-electron chi connectivity index (χ2n) is 4.12. The smallest absolute Gasteiger partial charge is 0.234 e. The molecular formula is C13H18BrFN2O2. The topological polar surface area (TPSA) is 52.6 Å². The van der Waals surface area contributed by atoms with Crippen molar-refractivity contribution in [1.29, 1.82) is 0 Å². The van der Waals surface area contributed by atoms with Gasteiger partial charge in [0.15, 0.2) is 0 Å². The Morgan fingerprint density at radius 3 is 2.89 bits per heavy atom. The Balaban J connectivity index is 2.71. The number of nitrogens with one attached hydrogen (secondary N) is 1. The van der Waals surface area contributed by atoms with Crippen molar-refractivity contribution >= 4 is 21.8 Å². The van der Waals surface area contributed by atoms with E-state index in [1.165, 1.54) is 6.07 Å². The second-order valence-corrected chi connectivity index (χ2v) is 5.04. The van der Waals surface area contributed by atoms with Gasteiger partial charge in [0.25, 0.3) is 0 Å². The minimum absolute atomic E-state index is 0.0744. The molecule has 0 saturated heterocycles. The van der Waals surface area contributed by atoms with Gasteiger partial charge in [0.05, 0.1) is 13.2 Å². The fourth-order valence-corrected chi connectivity index (χ4v) is 2.13. The van der Waals surface area contributed by atoms with E-state index in [4.69, 9.17) is 5.11 Å². The van der Waals surface area contributed by atoms with Gasteiger partial charge in [0.1, 0.15) is 5.82 Å². The number of rotatable bonds is 7. The van der Waals surface area contributed by atoms with Crippen molar-refractivity contribution in [2.75, 3.05) is 26.2 Å². The average Bonchev–Trinajstić information content (AvgIpc) is 2.34. The number of likely N-dealkylation sites (N-methyl/N-ethyl adjacent to an activating group) is 1. The third kappa shape index (κ3) is 5.67. The van der Waals surface area contributed by atoms with Crippen LogP contribution >= 0.6 is 15.9 Å². The van der Waals surface area contributed by atoms with E-state index in [-0.39, 0.29) is 31.4 Å². The monoisotopic (exact) mass is 332 g/mol. The summed E-state index contributed by atoms with van der Waals surface area (Å²) in [7, 11) is 0. The fourth-order valence-electron chi connectivity index (χ4n) is 1.72. The van der Waals surface area contributed by atoms with Crippen LogP contribution in [-0.2, 0) is 11.3 Å². The number of aliphatic hydroxyl groups is 1. The number of carbonyl (C=O) groups is 1. The average molecular weight is 333 g/mol. The maximum Gasteiger partial charge on any atom is 0.234 e. The molecule has 1 rings (SSSR count). The molecule has 0 heterocycles. The van der Waals surface area contributed by atoms with Gasteiger partial charge in [-0.1, -0.05) is 15.9 Å². The van der Waals surface area contributed by atoms with Gasteiger partial charge < -0.3 is 10.4 Å². The fraction of sp³-hybridized carbons (Fsp3) is 0.462. The molecule has 4 nitrogen and oxygen atoms in total. The van der Waals surface area contributed by atoms with Crippen molar-refractivity contribution in [3.05, 3.63) is 34.1 Å². The third-order valence-electron chi connectivity index (χ3n) is 2.56. The summed E-state index contributed by atoms with van der Waals surface area (Å²) in [6.45, 7) is 3.06. The van der Waals surface area contributed by atoms with Crippen LogP contribution in [0.3, 0.4) is 0 Å². The van der Waals surface area contributed by atoms with Gasteiger partial charge >= 0.3 is 0 Å². The van der Waals surface area contributed by atoms with E-state index in [2.05, 4.69) is 21.2 Å². The quantitative estimate of drug-likeness (QED) is 0.796. The van der Waals surface area contributed by atoms with Crippen LogP contribution in [0.4, 0.5) is 4.39 Å². The number of aliphatic hydroxyl groups excluding tert-OH is 1. The van der Waals surface area contributed by atoms with E-state index in [0.717, 1.165) is 4.47 Å². The Labute approximate surface area is 120 Å². The highest BCUT2D eigenvalue weighted by atomic mass is 79.9. The van der Waals surface area contributed by atoms with Crippen LogP contribution in [0.1, 0.15) is 12.5 Å². The lowest BCUT2D eigenvalue weighted by molar-refractivity contribution is -0.122. The van der Waals surface area contributed by atoms with Crippen molar-refractivity contribution in [2.45, 2.75) is 13.5 Å². The minimum atomic E-state index is -0.318. The summed E-state index contributed by atoms with van der Waals surface area (Å²) in [6.07, 6.45) is 0. The summed E-state index contributed by atoms with van der Waals surface area (Å²) in [5, 5.41) is 11.7. The van der Waals surface area contributed by atoms with Gasteiger partial charge in [-0.05, 0) is 25.1 Å². The highest BCUT2D eigenvalue weighted by molar-refractivity contribution is 9.10. The van der Waals surface area contributed by atoms with Crippen LogP contribution in [0, 0.1) is 5.82 Å². The van der Waals surface area contributed by atoms with E-state index in [9.17, 15) is 9.18 Å². The number of nitrogens with zero attached hydrogens (tertiary/aromatic N) is 1. The number of hydrogen-bond donors (Lipinski definition) is 2. The Hall–Kier alpha value is -0.980. The van der Waals surface area contributed by atoms with Crippen molar-refractivity contribution < 1.29 is 14.3 Å². The van der Waals surface area contributed by atoms with Gasteiger partial charge in [-0.3, -0.25) is 9.69 Å². The number of hydrogen-bond acceptors (Lipinski definition) is 3. The number of halogens is 2. The predicted octanol–water partition coefficient (Wildman–Crippen LogP) is 1.52. The van der Waals surface area contributed by atoms with Crippen LogP contribution in [0.25, 0.3) is 0 Å². The summed E-state index contributed by atoms with van der Waals surface area (Å²) >= 11 is 3.29. The largest absolute Gasteiger partial charge is 0.395 e. The van der Waals surface area contributed by atoms with Gasteiger partial charge in [0.2, 0.25) is 5.91 Å². The van der Waals surface area contributed by atoms with E-state index in [0.29, 0.717) is 18.7 Å². The molecule has 0 aliphatic rings. The van der Waals surface area contributed by atoms with Crippen LogP contribution in [0.2, 0.25) is 0 Å². The molecule has 0 atom stereocenters. The molecule has 2 N–H and O–H groups in total. The zero-order chi connectivity index (χ0) is 14.3. The summed E-state index contributed by atoms with van der Waals surface area (Å²) in [5.74, 6) is -0.451. The first-order chi connectivity index (χ1) is 9.06. The van der Waals surface area contributed by atoms with E-state index in [1.807, 2.05) is 6.92 Å². The molecule has 0 saturated carbocycles. The highest BCUT2D eigenvalue weighted by Gasteiger charge is 2.13. The van der Waals surface area contributed by atoms with Crippen molar-refractivity contribution in [3.8, 4) is 0 Å². The molecule has 0 fully saturated rings. The predicted molar refractivity (Wildman–Crippen MR) is 75.1 cm³/mol. The lowest BCUT2D eigenvalue weighted by Crippen LogP contribution is -2.38. The molecule has 1 aromatic rings. The Bertz CT molecular complexity index is 429. The lowest BCUT2D eigenvalue weighted by atomic mass is 10.2. The van der Waals surface area contributed by atoms with E-state index >= 15 is 0 Å². The standard InChI is InChI=1S/C13H18BrFN2O2/c1-2-16-13(19)9-17(5-6-18)8-10-7-11(14)3-4-12(10)15/h3-4,7,18H,2,5-6,8-9H2,1H3,(H,16,19). The molecule has 0 aliphatic carbocycles. The molecule has 0 aromatic heterocycles.